The first-order valence-electron chi connectivity index (χ1n) is 27.8. The first-order valence-corrected chi connectivity index (χ1v) is 27.8. The number of unbranched alkanes of at least 4 members (excludes halogenated alkanes) is 29. The Morgan fingerprint density at radius 3 is 1.03 bits per heavy atom. The van der Waals surface area contributed by atoms with Gasteiger partial charge in [-0.05, 0) is 70.6 Å². The smallest absolute Gasteiger partial charge is 0.306 e. The summed E-state index contributed by atoms with van der Waals surface area (Å²) in [4.78, 5) is 38.0. The van der Waals surface area contributed by atoms with Gasteiger partial charge in [-0.3, -0.25) is 14.4 Å². The van der Waals surface area contributed by atoms with Gasteiger partial charge >= 0.3 is 17.9 Å². The minimum atomic E-state index is -0.801. The lowest BCUT2D eigenvalue weighted by molar-refractivity contribution is -0.166. The molecule has 0 radical (unpaired) electrons. The van der Waals surface area contributed by atoms with Crippen molar-refractivity contribution in [2.75, 3.05) is 13.2 Å². The number of ether oxygens (including phenoxy) is 3. The van der Waals surface area contributed by atoms with E-state index in [1.807, 2.05) is 6.08 Å². The summed E-state index contributed by atoms with van der Waals surface area (Å²) < 4.78 is 16.8. The van der Waals surface area contributed by atoms with E-state index in [2.05, 4.69) is 75.5 Å². The largest absolute Gasteiger partial charge is 0.462 e. The molecule has 6 nitrogen and oxygen atoms in total. The van der Waals surface area contributed by atoms with E-state index in [9.17, 15) is 14.4 Å². The van der Waals surface area contributed by atoms with Crippen molar-refractivity contribution in [3.63, 3.8) is 0 Å². The van der Waals surface area contributed by atoms with E-state index < -0.39 is 6.10 Å². The van der Waals surface area contributed by atoms with Gasteiger partial charge in [-0.2, -0.15) is 0 Å². The Bertz CT molecular complexity index is 1180. The van der Waals surface area contributed by atoms with Gasteiger partial charge in [0.15, 0.2) is 6.10 Å². The average Bonchev–Trinajstić information content (AvgIpc) is 3.30. The van der Waals surface area contributed by atoms with Crippen LogP contribution in [0.2, 0.25) is 0 Å². The molecule has 0 saturated carbocycles. The normalized spacial score (nSPS) is 12.5. The SMILES string of the molecule is CC/C=C/C/C=C/C/C=C/CCCCCCCCC(=O)OC(COC(=O)CC/C=C/C/C=C/CCCCCCCC)COC(=O)CCCCCCCCCCCCCCCCCCCC. The highest BCUT2D eigenvalue weighted by atomic mass is 16.6. The molecule has 0 aromatic rings. The van der Waals surface area contributed by atoms with Crippen LogP contribution >= 0.6 is 0 Å². The molecule has 0 aliphatic carbocycles. The quantitative estimate of drug-likeness (QED) is 0.0262. The van der Waals surface area contributed by atoms with Gasteiger partial charge in [-0.15, -0.1) is 0 Å². The van der Waals surface area contributed by atoms with Gasteiger partial charge in [0.2, 0.25) is 0 Å². The maximum atomic E-state index is 12.8. The molecule has 1 unspecified atom stereocenters. The summed E-state index contributed by atoms with van der Waals surface area (Å²) in [5.74, 6) is -0.969. The summed E-state index contributed by atoms with van der Waals surface area (Å²) in [5.41, 5.74) is 0. The molecule has 0 aromatic heterocycles. The molecule has 0 saturated heterocycles. The van der Waals surface area contributed by atoms with Gasteiger partial charge in [0.25, 0.3) is 0 Å². The predicted octanol–water partition coefficient (Wildman–Crippen LogP) is 18.4. The zero-order valence-corrected chi connectivity index (χ0v) is 43.0. The molecule has 0 aromatic carbocycles. The molecule has 376 valence electrons. The molecule has 0 spiro atoms. The van der Waals surface area contributed by atoms with E-state index in [0.29, 0.717) is 19.3 Å². The summed E-state index contributed by atoms with van der Waals surface area (Å²) >= 11 is 0. The molecule has 0 rings (SSSR count). The van der Waals surface area contributed by atoms with Crippen molar-refractivity contribution >= 4 is 17.9 Å². The minimum absolute atomic E-state index is 0.0943. The number of esters is 3. The molecular formula is C59H104O6. The van der Waals surface area contributed by atoms with E-state index in [0.717, 1.165) is 83.5 Å². The van der Waals surface area contributed by atoms with Crippen LogP contribution in [0, 0.1) is 0 Å². The Kier molecular flexibility index (Phi) is 51.3. The van der Waals surface area contributed by atoms with Crippen LogP contribution in [0.1, 0.15) is 278 Å². The summed E-state index contributed by atoms with van der Waals surface area (Å²) in [6, 6.07) is 0. The fraction of sp³-hybridized carbons (Fsp3) is 0.780. The molecule has 6 heteroatoms. The van der Waals surface area contributed by atoms with Crippen LogP contribution in [-0.4, -0.2) is 37.2 Å². The van der Waals surface area contributed by atoms with E-state index in [1.165, 1.54) is 148 Å². The van der Waals surface area contributed by atoms with Crippen molar-refractivity contribution in [1.82, 2.24) is 0 Å². The van der Waals surface area contributed by atoms with Crippen molar-refractivity contribution in [2.45, 2.75) is 284 Å². The first kappa shape index (κ1) is 62.1. The number of allylic oxidation sites excluding steroid dienone is 10. The predicted molar refractivity (Wildman–Crippen MR) is 279 cm³/mol. The molecule has 0 aliphatic heterocycles. The van der Waals surface area contributed by atoms with Crippen molar-refractivity contribution in [2.24, 2.45) is 0 Å². The van der Waals surface area contributed by atoms with Crippen molar-refractivity contribution < 1.29 is 28.6 Å². The molecule has 0 fully saturated rings. The number of carbonyl (C=O) groups is 3. The molecule has 0 bridgehead atoms. The molecule has 0 heterocycles. The maximum Gasteiger partial charge on any atom is 0.306 e. The van der Waals surface area contributed by atoms with Gasteiger partial charge < -0.3 is 14.2 Å². The third-order valence-electron chi connectivity index (χ3n) is 12.0. The summed E-state index contributed by atoms with van der Waals surface area (Å²) in [6.45, 7) is 6.48. The van der Waals surface area contributed by atoms with Gasteiger partial charge in [0, 0.05) is 19.3 Å². The minimum Gasteiger partial charge on any atom is -0.462 e. The lowest BCUT2D eigenvalue weighted by Gasteiger charge is -2.18. The van der Waals surface area contributed by atoms with Crippen LogP contribution in [0.3, 0.4) is 0 Å². The Morgan fingerprint density at radius 1 is 0.323 bits per heavy atom. The van der Waals surface area contributed by atoms with Crippen LogP contribution in [-0.2, 0) is 28.6 Å². The maximum absolute atomic E-state index is 12.8. The fourth-order valence-corrected chi connectivity index (χ4v) is 7.86. The van der Waals surface area contributed by atoms with Crippen LogP contribution in [0.15, 0.2) is 60.8 Å². The topological polar surface area (TPSA) is 78.9 Å². The van der Waals surface area contributed by atoms with Gasteiger partial charge in [0.1, 0.15) is 13.2 Å². The second-order valence-electron chi connectivity index (χ2n) is 18.5. The average molecular weight is 909 g/mol. The standard InChI is InChI=1S/C59H104O6/c1-4-7-10-13-16-19-22-25-27-29-30-32-34-37-40-43-46-49-52-58(61)64-55-56(54-63-57(60)51-48-45-42-39-36-33-24-21-18-15-12-9-6-3)65-59(62)53-50-47-44-41-38-35-31-28-26-23-20-17-14-11-8-5-2/h8,11,17,20,26,28,33,36,42,45,56H,4-7,9-10,12-16,18-19,21-25,27,29-32,34-35,37-41,43-44,46-55H2,1-3H3/b11-8+,20-17+,28-26+,36-33+,45-42+. The number of rotatable bonds is 50. The molecule has 0 amide bonds. The van der Waals surface area contributed by atoms with Crippen molar-refractivity contribution in [1.29, 1.82) is 0 Å². The van der Waals surface area contributed by atoms with Crippen molar-refractivity contribution in [3.05, 3.63) is 60.8 Å². The zero-order valence-electron chi connectivity index (χ0n) is 43.0. The molecule has 0 aliphatic rings. The second kappa shape index (κ2) is 53.7. The first-order chi connectivity index (χ1) is 32.0. The Balaban J connectivity index is 4.40. The monoisotopic (exact) mass is 909 g/mol. The Labute approximate surface area is 402 Å². The number of hydrogen-bond acceptors (Lipinski definition) is 6. The molecule has 0 N–H and O–H groups in total. The van der Waals surface area contributed by atoms with Gasteiger partial charge in [0.05, 0.1) is 0 Å². The highest BCUT2D eigenvalue weighted by Gasteiger charge is 2.19. The third kappa shape index (κ3) is 51.9. The molecule has 65 heavy (non-hydrogen) atoms. The zero-order chi connectivity index (χ0) is 47.2. The fourth-order valence-electron chi connectivity index (χ4n) is 7.86. The third-order valence-corrected chi connectivity index (χ3v) is 12.0. The molecular weight excluding hydrogens is 805 g/mol. The van der Waals surface area contributed by atoms with Crippen LogP contribution in [0.4, 0.5) is 0 Å². The lowest BCUT2D eigenvalue weighted by Crippen LogP contribution is -2.30. The number of carbonyl (C=O) groups excluding carboxylic acids is 3. The van der Waals surface area contributed by atoms with Crippen LogP contribution in [0.25, 0.3) is 0 Å². The van der Waals surface area contributed by atoms with E-state index in [4.69, 9.17) is 14.2 Å². The van der Waals surface area contributed by atoms with Gasteiger partial charge in [-0.1, -0.05) is 248 Å². The second-order valence-corrected chi connectivity index (χ2v) is 18.5. The number of hydrogen-bond donors (Lipinski definition) is 0. The van der Waals surface area contributed by atoms with E-state index in [-0.39, 0.29) is 37.5 Å². The van der Waals surface area contributed by atoms with E-state index in [1.54, 1.807) is 0 Å². The summed E-state index contributed by atoms with van der Waals surface area (Å²) in [6.07, 6.45) is 66.5. The van der Waals surface area contributed by atoms with Crippen molar-refractivity contribution in [3.8, 4) is 0 Å². The Morgan fingerprint density at radius 2 is 0.631 bits per heavy atom. The summed E-state index contributed by atoms with van der Waals surface area (Å²) in [7, 11) is 0. The van der Waals surface area contributed by atoms with E-state index >= 15 is 0 Å². The highest BCUT2D eigenvalue weighted by molar-refractivity contribution is 5.71. The van der Waals surface area contributed by atoms with Crippen LogP contribution in [0.5, 0.6) is 0 Å². The highest BCUT2D eigenvalue weighted by Crippen LogP contribution is 2.16. The van der Waals surface area contributed by atoms with Crippen LogP contribution < -0.4 is 0 Å². The van der Waals surface area contributed by atoms with Gasteiger partial charge in [-0.25, -0.2) is 0 Å². The molecule has 1 atom stereocenters. The Hall–Kier alpha value is -2.89. The summed E-state index contributed by atoms with van der Waals surface area (Å²) in [5, 5.41) is 0. The lowest BCUT2D eigenvalue weighted by atomic mass is 10.0.